The summed E-state index contributed by atoms with van der Waals surface area (Å²) in [7, 11) is 0. The van der Waals surface area contributed by atoms with Crippen LogP contribution in [-0.2, 0) is 6.61 Å². The number of thiophene rings is 1. The van der Waals surface area contributed by atoms with Gasteiger partial charge in [0.2, 0.25) is 0 Å². The van der Waals surface area contributed by atoms with Crippen LogP contribution in [0.4, 0.5) is 8.78 Å². The minimum atomic E-state index is -0.663. The first-order valence-electron chi connectivity index (χ1n) is 6.21. The van der Waals surface area contributed by atoms with Gasteiger partial charge in [0.05, 0.1) is 10.6 Å². The average molecular weight is 323 g/mol. The third kappa shape index (κ3) is 2.96. The van der Waals surface area contributed by atoms with Gasteiger partial charge >= 0.3 is 0 Å². The van der Waals surface area contributed by atoms with Crippen LogP contribution >= 0.6 is 22.7 Å². The summed E-state index contributed by atoms with van der Waals surface area (Å²) in [6.45, 7) is 1.54. The Morgan fingerprint density at radius 1 is 1.19 bits per heavy atom. The number of ether oxygens (including phenoxy) is 1. The highest BCUT2D eigenvalue weighted by atomic mass is 32.1. The van der Waals surface area contributed by atoms with Crippen LogP contribution in [0.5, 0.6) is 5.75 Å². The molecule has 1 aromatic carbocycles. The van der Waals surface area contributed by atoms with Crippen LogP contribution < -0.4 is 4.74 Å². The average Bonchev–Trinajstić information content (AvgIpc) is 3.14. The summed E-state index contributed by atoms with van der Waals surface area (Å²) in [5.74, 6) is -1.20. The third-order valence-electron chi connectivity index (χ3n) is 2.94. The Kier molecular flexibility index (Phi) is 3.98. The number of hydrogen-bond donors (Lipinski definition) is 0. The molecule has 0 aliphatic heterocycles. The maximum atomic E-state index is 13.8. The largest absolute Gasteiger partial charge is 0.484 e. The van der Waals surface area contributed by atoms with Crippen molar-refractivity contribution in [3.8, 4) is 15.6 Å². The molecule has 2 aromatic heterocycles. The molecular formula is C15H11F2NOS2. The van der Waals surface area contributed by atoms with Gasteiger partial charge in [-0.15, -0.1) is 22.7 Å². The molecule has 0 amide bonds. The number of aromatic nitrogens is 1. The Morgan fingerprint density at radius 2 is 2.05 bits per heavy atom. The van der Waals surface area contributed by atoms with Crippen molar-refractivity contribution < 1.29 is 13.5 Å². The Balaban J connectivity index is 1.72. The lowest BCUT2D eigenvalue weighted by molar-refractivity contribution is 0.285. The van der Waals surface area contributed by atoms with Gasteiger partial charge in [-0.25, -0.2) is 13.8 Å². The molecule has 3 rings (SSSR count). The summed E-state index contributed by atoms with van der Waals surface area (Å²) in [6, 6.07) is 6.46. The van der Waals surface area contributed by atoms with Crippen molar-refractivity contribution in [1.29, 1.82) is 0 Å². The summed E-state index contributed by atoms with van der Waals surface area (Å²) < 4.78 is 32.4. The van der Waals surface area contributed by atoms with Crippen LogP contribution in [0, 0.1) is 18.6 Å². The molecule has 0 saturated carbocycles. The van der Waals surface area contributed by atoms with E-state index in [4.69, 9.17) is 4.74 Å². The lowest BCUT2D eigenvalue weighted by Crippen LogP contribution is -2.00. The maximum absolute atomic E-state index is 13.8. The Labute approximate surface area is 128 Å². The fourth-order valence-electron chi connectivity index (χ4n) is 1.79. The van der Waals surface area contributed by atoms with Crippen LogP contribution in [-0.4, -0.2) is 4.98 Å². The molecule has 0 aliphatic carbocycles. The predicted octanol–water partition coefficient (Wildman–Crippen LogP) is 5.04. The molecule has 108 valence electrons. The van der Waals surface area contributed by atoms with E-state index in [2.05, 4.69) is 4.98 Å². The van der Waals surface area contributed by atoms with E-state index < -0.39 is 11.6 Å². The summed E-state index contributed by atoms with van der Waals surface area (Å²) in [5.41, 5.74) is 0.690. The molecule has 2 nitrogen and oxygen atoms in total. The van der Waals surface area contributed by atoms with Crippen LogP contribution in [0.1, 0.15) is 11.3 Å². The highest BCUT2D eigenvalue weighted by Gasteiger charge is 2.12. The second-order valence-corrected chi connectivity index (χ2v) is 6.20. The molecule has 0 aliphatic rings. The van der Waals surface area contributed by atoms with Crippen molar-refractivity contribution in [2.45, 2.75) is 13.5 Å². The van der Waals surface area contributed by atoms with Crippen molar-refractivity contribution in [3.05, 3.63) is 57.9 Å². The fourth-order valence-corrected chi connectivity index (χ4v) is 3.41. The van der Waals surface area contributed by atoms with Crippen molar-refractivity contribution in [2.24, 2.45) is 0 Å². The number of hydrogen-bond acceptors (Lipinski definition) is 4. The molecule has 0 unspecified atom stereocenters. The summed E-state index contributed by atoms with van der Waals surface area (Å²) in [5, 5.41) is 4.78. The van der Waals surface area contributed by atoms with Gasteiger partial charge in [0, 0.05) is 10.9 Å². The molecule has 2 heterocycles. The van der Waals surface area contributed by atoms with Crippen LogP contribution in [0.3, 0.4) is 0 Å². The molecule has 0 N–H and O–H groups in total. The molecule has 21 heavy (non-hydrogen) atoms. The maximum Gasteiger partial charge on any atom is 0.170 e. The highest BCUT2D eigenvalue weighted by Crippen LogP contribution is 2.28. The molecular weight excluding hydrogens is 312 g/mol. The Morgan fingerprint density at radius 3 is 2.81 bits per heavy atom. The van der Waals surface area contributed by atoms with Crippen LogP contribution in [0.2, 0.25) is 0 Å². The summed E-state index contributed by atoms with van der Waals surface area (Å²) >= 11 is 3.13. The molecule has 3 aromatic rings. The van der Waals surface area contributed by atoms with Gasteiger partial charge in [0.15, 0.2) is 11.6 Å². The van der Waals surface area contributed by atoms with Gasteiger partial charge < -0.3 is 4.74 Å². The monoisotopic (exact) mass is 323 g/mol. The van der Waals surface area contributed by atoms with E-state index in [0.29, 0.717) is 0 Å². The normalized spacial score (nSPS) is 10.8. The van der Waals surface area contributed by atoms with Crippen molar-refractivity contribution in [1.82, 2.24) is 4.98 Å². The van der Waals surface area contributed by atoms with Gasteiger partial charge in [0.1, 0.15) is 17.4 Å². The molecule has 0 atom stereocenters. The zero-order chi connectivity index (χ0) is 14.8. The minimum Gasteiger partial charge on any atom is -0.484 e. The number of benzene rings is 1. The summed E-state index contributed by atoms with van der Waals surface area (Å²) in [4.78, 5) is 5.54. The molecule has 0 bridgehead atoms. The Hall–Kier alpha value is -1.79. The molecule has 0 fully saturated rings. The first kappa shape index (κ1) is 14.2. The third-order valence-corrected chi connectivity index (χ3v) is 4.87. The second-order valence-electron chi connectivity index (χ2n) is 4.39. The highest BCUT2D eigenvalue weighted by molar-refractivity contribution is 7.20. The molecule has 0 spiro atoms. The SMILES string of the molecule is Cc1c(F)ccc(OCc2csc(-c3cccs3)n2)c1F. The first-order chi connectivity index (χ1) is 10.1. The number of halogens is 2. The van der Waals surface area contributed by atoms with E-state index in [1.807, 2.05) is 22.9 Å². The Bertz CT molecular complexity index is 753. The van der Waals surface area contributed by atoms with E-state index >= 15 is 0 Å². The van der Waals surface area contributed by atoms with E-state index in [-0.39, 0.29) is 17.9 Å². The quantitative estimate of drug-likeness (QED) is 0.671. The first-order valence-corrected chi connectivity index (χ1v) is 7.97. The van der Waals surface area contributed by atoms with Gasteiger partial charge in [0.25, 0.3) is 0 Å². The van der Waals surface area contributed by atoms with Crippen LogP contribution in [0.25, 0.3) is 9.88 Å². The fraction of sp³-hybridized carbons (Fsp3) is 0.133. The van der Waals surface area contributed by atoms with Gasteiger partial charge in [-0.2, -0.15) is 0 Å². The zero-order valence-corrected chi connectivity index (χ0v) is 12.7. The minimum absolute atomic E-state index is 0.0370. The molecule has 6 heteroatoms. The van der Waals surface area contributed by atoms with Crippen LogP contribution in [0.15, 0.2) is 35.0 Å². The van der Waals surface area contributed by atoms with E-state index in [0.717, 1.165) is 15.6 Å². The lowest BCUT2D eigenvalue weighted by atomic mass is 10.2. The standard InChI is InChI=1S/C15H11F2NOS2/c1-9-11(16)4-5-12(14(9)17)19-7-10-8-21-15(18-10)13-3-2-6-20-13/h2-6,8H,7H2,1H3. The molecule has 0 radical (unpaired) electrons. The predicted molar refractivity (Wildman–Crippen MR) is 80.9 cm³/mol. The van der Waals surface area contributed by atoms with E-state index in [1.165, 1.54) is 30.4 Å². The number of rotatable bonds is 4. The number of nitrogens with zero attached hydrogens (tertiary/aromatic N) is 1. The van der Waals surface area contributed by atoms with Crippen molar-refractivity contribution >= 4 is 22.7 Å². The van der Waals surface area contributed by atoms with Gasteiger partial charge in [-0.3, -0.25) is 0 Å². The topological polar surface area (TPSA) is 22.1 Å². The van der Waals surface area contributed by atoms with Gasteiger partial charge in [-0.1, -0.05) is 6.07 Å². The molecule has 0 saturated heterocycles. The smallest absolute Gasteiger partial charge is 0.170 e. The van der Waals surface area contributed by atoms with Crippen molar-refractivity contribution in [2.75, 3.05) is 0 Å². The number of thiazole rings is 1. The van der Waals surface area contributed by atoms with Gasteiger partial charge in [-0.05, 0) is 30.5 Å². The van der Waals surface area contributed by atoms with Crippen molar-refractivity contribution in [3.63, 3.8) is 0 Å². The zero-order valence-electron chi connectivity index (χ0n) is 11.1. The van der Waals surface area contributed by atoms with E-state index in [9.17, 15) is 8.78 Å². The second kappa shape index (κ2) is 5.91. The summed E-state index contributed by atoms with van der Waals surface area (Å²) in [6.07, 6.45) is 0. The van der Waals surface area contributed by atoms with E-state index in [1.54, 1.807) is 11.3 Å². The lowest BCUT2D eigenvalue weighted by Gasteiger charge is -2.07.